The molecular weight excluding hydrogens is 836 g/mol. The van der Waals surface area contributed by atoms with Crippen molar-refractivity contribution < 1.29 is 129 Å². The first-order valence-corrected chi connectivity index (χ1v) is 15.0. The molecule has 32 heteroatoms. The molecular formula is C18H14F20O9S3. The number of alkyl halides is 20. The van der Waals surface area contributed by atoms with Crippen molar-refractivity contribution in [3.8, 4) is 0 Å². The Morgan fingerprint density at radius 1 is 0.600 bits per heavy atom. The molecule has 50 heavy (non-hydrogen) atoms. The molecule has 0 aliphatic rings. The smallest absolute Gasteiger partial charge is 0.462 e. The van der Waals surface area contributed by atoms with Crippen LogP contribution in [0.1, 0.15) is 6.42 Å². The minimum Gasteiger partial charge on any atom is -0.465 e. The fourth-order valence-electron chi connectivity index (χ4n) is 2.27. The molecule has 3 atom stereocenters. The van der Waals surface area contributed by atoms with Crippen LogP contribution in [-0.4, -0.2) is 115 Å². The number of halogens is 20. The lowest BCUT2D eigenvalue weighted by atomic mass is 10.3. The van der Waals surface area contributed by atoms with Gasteiger partial charge < -0.3 is 9.47 Å². The summed E-state index contributed by atoms with van der Waals surface area (Å²) in [4.78, 5) is 23.6. The van der Waals surface area contributed by atoms with E-state index in [4.69, 9.17) is 4.55 Å². The molecule has 0 aromatic carbocycles. The first-order valence-electron chi connectivity index (χ1n) is 11.5. The molecule has 0 aromatic rings. The zero-order chi connectivity index (χ0) is 40.2. The van der Waals surface area contributed by atoms with E-state index in [0.29, 0.717) is 0 Å². The van der Waals surface area contributed by atoms with Gasteiger partial charge in [0.15, 0.2) is 5.25 Å². The number of rotatable bonds is 20. The zero-order valence-corrected chi connectivity index (χ0v) is 25.2. The lowest BCUT2D eigenvalue weighted by Gasteiger charge is -2.30. The summed E-state index contributed by atoms with van der Waals surface area (Å²) in [6, 6.07) is 0. The van der Waals surface area contributed by atoms with Crippen LogP contribution in [0.25, 0.3) is 0 Å². The minimum atomic E-state index is -7.17. The fourth-order valence-corrected chi connectivity index (χ4v) is 4.17. The predicted molar refractivity (Wildman–Crippen MR) is 121 cm³/mol. The van der Waals surface area contributed by atoms with Crippen LogP contribution in [0.15, 0.2) is 0 Å². The lowest BCUT2D eigenvalue weighted by Crippen LogP contribution is -2.55. The van der Waals surface area contributed by atoms with Crippen LogP contribution in [0, 0.1) is 0 Å². The van der Waals surface area contributed by atoms with Gasteiger partial charge in [-0.2, -0.15) is 87.4 Å². The Kier molecular flexibility index (Phi) is 15.8. The van der Waals surface area contributed by atoms with Crippen LogP contribution in [0.2, 0.25) is 0 Å². The molecule has 0 saturated carbocycles. The molecule has 298 valence electrons. The van der Waals surface area contributed by atoms with Crippen molar-refractivity contribution in [1.82, 2.24) is 0 Å². The summed E-state index contributed by atoms with van der Waals surface area (Å²) in [7, 11) is -5.75. The highest BCUT2D eigenvalue weighted by atomic mass is 32.2. The number of thioether (sulfide) groups is 2. The van der Waals surface area contributed by atoms with Gasteiger partial charge in [0.1, 0.15) is 13.2 Å². The third-order valence-electron chi connectivity index (χ3n) is 4.71. The van der Waals surface area contributed by atoms with Crippen LogP contribution in [0.4, 0.5) is 87.8 Å². The molecule has 0 fully saturated rings. The van der Waals surface area contributed by atoms with Gasteiger partial charge in [-0.25, -0.2) is 8.78 Å². The summed E-state index contributed by atoms with van der Waals surface area (Å²) in [6.45, 7) is -2.99. The summed E-state index contributed by atoms with van der Waals surface area (Å²) >= 11 is -2.47. The maximum atomic E-state index is 13.6. The molecule has 3 unspecified atom stereocenters. The quantitative estimate of drug-likeness (QED) is 0.0619. The molecule has 1 N–H and O–H groups in total. The van der Waals surface area contributed by atoms with Crippen molar-refractivity contribution in [3.05, 3.63) is 0 Å². The van der Waals surface area contributed by atoms with Gasteiger partial charge in [0.2, 0.25) is 0 Å². The third-order valence-corrected chi connectivity index (χ3v) is 7.67. The lowest BCUT2D eigenvalue weighted by molar-refractivity contribution is -0.446. The van der Waals surface area contributed by atoms with Gasteiger partial charge in [0.05, 0.1) is 6.42 Å². The largest absolute Gasteiger partial charge is 0.465 e. The SMILES string of the molecule is O=C(CC(C(=O)OCCSC(F)(F)C(F)OC(F)(F)C(F)(F)C(F)(F)F)S(=O)(=O)O)OCCSC(F)(F)C(F)OC(F)(F)C(F)(F)C(F)(F)F. The fraction of sp³-hybridized carbons (Fsp3) is 0.889. The van der Waals surface area contributed by atoms with E-state index in [0.717, 1.165) is 0 Å². The normalized spacial score (nSPS) is 16.5. The number of hydrogen-bond donors (Lipinski definition) is 1. The number of ether oxygens (including phenoxy) is 4. The molecule has 0 aliphatic heterocycles. The summed E-state index contributed by atoms with van der Waals surface area (Å²) < 4.78 is 300. The second kappa shape index (κ2) is 16.4. The maximum absolute atomic E-state index is 13.6. The Labute approximate surface area is 271 Å². The number of carbonyl (C=O) groups is 2. The Hall–Kier alpha value is -1.93. The van der Waals surface area contributed by atoms with Crippen molar-refractivity contribution in [2.75, 3.05) is 24.7 Å². The van der Waals surface area contributed by atoms with Gasteiger partial charge in [0, 0.05) is 11.5 Å². The first-order chi connectivity index (χ1) is 21.9. The van der Waals surface area contributed by atoms with E-state index in [1.165, 1.54) is 0 Å². The average molecular weight is 850 g/mol. The van der Waals surface area contributed by atoms with E-state index in [9.17, 15) is 106 Å². The topological polar surface area (TPSA) is 125 Å². The van der Waals surface area contributed by atoms with Crippen molar-refractivity contribution in [2.45, 2.75) is 71.3 Å². The molecule has 0 aliphatic carbocycles. The number of esters is 2. The monoisotopic (exact) mass is 850 g/mol. The Balaban J connectivity index is 5.10. The van der Waals surface area contributed by atoms with Crippen LogP contribution < -0.4 is 0 Å². The van der Waals surface area contributed by atoms with Crippen LogP contribution in [0.3, 0.4) is 0 Å². The molecule has 0 bridgehead atoms. The summed E-state index contributed by atoms with van der Waals surface area (Å²) in [5, 5.41) is -13.8. The maximum Gasteiger partial charge on any atom is 0.462 e. The molecule has 0 spiro atoms. The summed E-state index contributed by atoms with van der Waals surface area (Å²) in [6.07, 6.45) is -39.6. The molecule has 0 saturated heterocycles. The van der Waals surface area contributed by atoms with Crippen molar-refractivity contribution in [2.24, 2.45) is 0 Å². The second-order valence-corrected chi connectivity index (χ2v) is 12.5. The highest BCUT2D eigenvalue weighted by Crippen LogP contribution is 2.50. The molecule has 0 aromatic heterocycles. The van der Waals surface area contributed by atoms with E-state index in [2.05, 4.69) is 18.9 Å². The Bertz CT molecular complexity index is 1260. The van der Waals surface area contributed by atoms with Crippen LogP contribution >= 0.6 is 23.5 Å². The first kappa shape index (κ1) is 48.1. The Morgan fingerprint density at radius 3 is 1.22 bits per heavy atom. The van der Waals surface area contributed by atoms with Crippen molar-refractivity contribution in [3.63, 3.8) is 0 Å². The van der Waals surface area contributed by atoms with Crippen molar-refractivity contribution in [1.29, 1.82) is 0 Å². The molecule has 0 rings (SSSR count). The Morgan fingerprint density at radius 2 is 0.920 bits per heavy atom. The number of hydrogen-bond acceptors (Lipinski definition) is 10. The van der Waals surface area contributed by atoms with E-state index in [1.54, 1.807) is 0 Å². The van der Waals surface area contributed by atoms with Crippen molar-refractivity contribution >= 4 is 45.6 Å². The summed E-state index contributed by atoms with van der Waals surface area (Å²) in [5.41, 5.74) is 0. The molecule has 0 amide bonds. The van der Waals surface area contributed by atoms with Gasteiger partial charge in [-0.15, -0.1) is 0 Å². The van der Waals surface area contributed by atoms with E-state index >= 15 is 0 Å². The predicted octanol–water partition coefficient (Wildman–Crippen LogP) is 6.58. The van der Waals surface area contributed by atoms with Crippen LogP contribution in [0.5, 0.6) is 0 Å². The highest BCUT2D eigenvalue weighted by Gasteiger charge is 2.77. The standard InChI is InChI=1S/C18H14F20O9S3/c19-9(46-17(35,36)13(25,26)15(29,30)31)11(21,22)48-3-1-44-7(39)5-6(50(41,42)43)8(40)45-2-4-49-12(23,24)10(20)47-18(37,38)14(27,28)16(32,33)34/h6,9-10H,1-5H2,(H,41,42,43). The summed E-state index contributed by atoms with van der Waals surface area (Å²) in [5.74, 6) is -21.6. The van der Waals surface area contributed by atoms with E-state index in [1.807, 2.05) is 0 Å². The van der Waals surface area contributed by atoms with E-state index in [-0.39, 0.29) is 0 Å². The van der Waals surface area contributed by atoms with Crippen LogP contribution in [-0.2, 0) is 38.7 Å². The van der Waals surface area contributed by atoms with Gasteiger partial charge in [0.25, 0.3) is 22.8 Å². The average Bonchev–Trinajstić information content (AvgIpc) is 2.89. The van der Waals surface area contributed by atoms with E-state index < -0.39 is 142 Å². The zero-order valence-electron chi connectivity index (χ0n) is 22.8. The van der Waals surface area contributed by atoms with Gasteiger partial charge in [-0.05, 0) is 0 Å². The molecule has 0 radical (unpaired) electrons. The number of carbonyl (C=O) groups excluding carboxylic acids is 2. The van der Waals surface area contributed by atoms with Gasteiger partial charge in [-0.1, -0.05) is 23.5 Å². The van der Waals surface area contributed by atoms with Gasteiger partial charge >= 0.3 is 58.9 Å². The van der Waals surface area contributed by atoms with Gasteiger partial charge in [-0.3, -0.25) is 23.6 Å². The molecule has 9 nitrogen and oxygen atoms in total. The highest BCUT2D eigenvalue weighted by molar-refractivity contribution is 8.00. The second-order valence-electron chi connectivity index (χ2n) is 8.46. The molecule has 0 heterocycles. The minimum absolute atomic E-state index is 1.22. The third kappa shape index (κ3) is 12.6.